The summed E-state index contributed by atoms with van der Waals surface area (Å²) in [6, 6.07) is 5.65. The van der Waals surface area contributed by atoms with Gasteiger partial charge < -0.3 is 15.5 Å². The second-order valence-corrected chi connectivity index (χ2v) is 5.34. The Balaban J connectivity index is 2.05. The number of aromatic nitrogens is 3. The second kappa shape index (κ2) is 7.19. The molecule has 2 N–H and O–H groups in total. The van der Waals surface area contributed by atoms with Crippen LogP contribution in [-0.2, 0) is 0 Å². The van der Waals surface area contributed by atoms with Gasteiger partial charge in [0, 0.05) is 23.8 Å². The van der Waals surface area contributed by atoms with Crippen molar-refractivity contribution in [1.29, 1.82) is 0 Å². The summed E-state index contributed by atoms with van der Waals surface area (Å²) >= 11 is 6.10. The fourth-order valence-electron chi connectivity index (χ4n) is 1.71. The number of rotatable bonds is 6. The molecule has 0 unspecified atom stereocenters. The van der Waals surface area contributed by atoms with Gasteiger partial charge in [0.15, 0.2) is 5.82 Å². The van der Waals surface area contributed by atoms with Crippen molar-refractivity contribution in [2.24, 2.45) is 0 Å². The molecule has 0 spiro atoms. The number of anilines is 3. The fraction of sp³-hybridized carbons (Fsp3) is 0.357. The lowest BCUT2D eigenvalue weighted by Crippen LogP contribution is -2.21. The topological polar surface area (TPSA) is 66.0 Å². The molecule has 6 nitrogen and oxygen atoms in total. The first-order chi connectivity index (χ1) is 10.1. The van der Waals surface area contributed by atoms with Gasteiger partial charge in [-0.2, -0.15) is 10.1 Å². The Morgan fingerprint density at radius 2 is 2.10 bits per heavy atom. The first kappa shape index (κ1) is 15.5. The van der Waals surface area contributed by atoms with E-state index in [-0.39, 0.29) is 0 Å². The molecule has 2 rings (SSSR count). The molecule has 0 atom stereocenters. The smallest absolute Gasteiger partial charge is 0.249 e. The van der Waals surface area contributed by atoms with Gasteiger partial charge in [0.1, 0.15) is 0 Å². The lowest BCUT2D eigenvalue weighted by Gasteiger charge is -2.12. The molecule has 0 fully saturated rings. The molecule has 2 aromatic rings. The van der Waals surface area contributed by atoms with Gasteiger partial charge in [-0.05, 0) is 38.7 Å². The summed E-state index contributed by atoms with van der Waals surface area (Å²) in [6.07, 6.45) is 1.60. The summed E-state index contributed by atoms with van der Waals surface area (Å²) in [4.78, 5) is 6.47. The maximum Gasteiger partial charge on any atom is 0.249 e. The predicted octanol–water partition coefficient (Wildman–Crippen LogP) is 2.55. The monoisotopic (exact) mass is 306 g/mol. The standard InChI is InChI=1S/C14H19ClN6/c1-10-11(15)5-4-6-12(10)18-14-19-13(9-17-20-14)16-7-8-21(2)3/h4-6,9H,7-8H2,1-3H3,(H2,16,18,19,20). The van der Waals surface area contributed by atoms with Gasteiger partial charge in [0.25, 0.3) is 0 Å². The zero-order valence-corrected chi connectivity index (χ0v) is 13.1. The lowest BCUT2D eigenvalue weighted by atomic mass is 10.2. The van der Waals surface area contributed by atoms with Crippen LogP contribution in [-0.4, -0.2) is 47.3 Å². The van der Waals surface area contributed by atoms with Gasteiger partial charge in [-0.15, -0.1) is 5.10 Å². The van der Waals surface area contributed by atoms with Crippen molar-refractivity contribution in [3.63, 3.8) is 0 Å². The van der Waals surface area contributed by atoms with Crippen LogP contribution in [0.4, 0.5) is 17.5 Å². The highest BCUT2D eigenvalue weighted by Gasteiger charge is 2.05. The van der Waals surface area contributed by atoms with E-state index in [4.69, 9.17) is 11.6 Å². The molecule has 0 aliphatic carbocycles. The highest BCUT2D eigenvalue weighted by Crippen LogP contribution is 2.24. The van der Waals surface area contributed by atoms with E-state index < -0.39 is 0 Å². The maximum atomic E-state index is 6.10. The van der Waals surface area contributed by atoms with E-state index in [9.17, 15) is 0 Å². The number of benzene rings is 1. The SMILES string of the molecule is Cc1c(Cl)cccc1Nc1nncc(NCCN(C)C)n1. The minimum atomic E-state index is 0.440. The number of nitrogens with one attached hydrogen (secondary N) is 2. The summed E-state index contributed by atoms with van der Waals surface area (Å²) in [7, 11) is 4.05. The average Bonchev–Trinajstić information content (AvgIpc) is 2.44. The van der Waals surface area contributed by atoms with Gasteiger partial charge >= 0.3 is 0 Å². The van der Waals surface area contributed by atoms with Crippen LogP contribution in [0, 0.1) is 6.92 Å². The molecule has 21 heavy (non-hydrogen) atoms. The molecular formula is C14H19ClN6. The summed E-state index contributed by atoms with van der Waals surface area (Å²) < 4.78 is 0. The molecule has 112 valence electrons. The van der Waals surface area contributed by atoms with Gasteiger partial charge in [-0.3, -0.25) is 0 Å². The van der Waals surface area contributed by atoms with Crippen molar-refractivity contribution in [1.82, 2.24) is 20.1 Å². The van der Waals surface area contributed by atoms with Crippen LogP contribution in [0.2, 0.25) is 5.02 Å². The Hall–Kier alpha value is -1.92. The van der Waals surface area contributed by atoms with E-state index in [1.807, 2.05) is 39.2 Å². The molecule has 0 saturated heterocycles. The van der Waals surface area contributed by atoms with Crippen LogP contribution in [0.1, 0.15) is 5.56 Å². The largest absolute Gasteiger partial charge is 0.367 e. The fourth-order valence-corrected chi connectivity index (χ4v) is 1.89. The Labute approximate surface area is 129 Å². The summed E-state index contributed by atoms with van der Waals surface area (Å²) in [5.74, 6) is 1.13. The van der Waals surface area contributed by atoms with E-state index >= 15 is 0 Å². The van der Waals surface area contributed by atoms with Gasteiger partial charge in [0.2, 0.25) is 5.95 Å². The quantitative estimate of drug-likeness (QED) is 0.855. The summed E-state index contributed by atoms with van der Waals surface area (Å²) in [5, 5.41) is 15.0. The van der Waals surface area contributed by atoms with Crippen LogP contribution >= 0.6 is 11.6 Å². The van der Waals surface area contributed by atoms with E-state index in [1.165, 1.54) is 0 Å². The normalized spacial score (nSPS) is 10.7. The Kier molecular flexibility index (Phi) is 5.30. The molecule has 1 aromatic heterocycles. The first-order valence-electron chi connectivity index (χ1n) is 6.66. The predicted molar refractivity (Wildman–Crippen MR) is 86.3 cm³/mol. The molecule has 0 saturated carbocycles. The molecule has 0 amide bonds. The van der Waals surface area contributed by atoms with Gasteiger partial charge in [0.05, 0.1) is 6.20 Å². The van der Waals surface area contributed by atoms with Crippen LogP contribution in [0.25, 0.3) is 0 Å². The second-order valence-electron chi connectivity index (χ2n) is 4.93. The average molecular weight is 307 g/mol. The number of nitrogens with zero attached hydrogens (tertiary/aromatic N) is 4. The molecule has 7 heteroatoms. The van der Waals surface area contributed by atoms with Crippen LogP contribution in [0.15, 0.2) is 24.4 Å². The highest BCUT2D eigenvalue weighted by atomic mass is 35.5. The van der Waals surface area contributed by atoms with E-state index in [2.05, 4.69) is 30.7 Å². The van der Waals surface area contributed by atoms with Crippen molar-refractivity contribution in [2.75, 3.05) is 37.8 Å². The zero-order chi connectivity index (χ0) is 15.2. The number of hydrogen-bond donors (Lipinski definition) is 2. The van der Waals surface area contributed by atoms with Crippen molar-refractivity contribution in [3.05, 3.63) is 35.0 Å². The Morgan fingerprint density at radius 1 is 1.29 bits per heavy atom. The third-order valence-corrected chi connectivity index (χ3v) is 3.35. The molecule has 0 aliphatic rings. The third-order valence-electron chi connectivity index (χ3n) is 2.94. The van der Waals surface area contributed by atoms with Crippen molar-refractivity contribution in [2.45, 2.75) is 6.92 Å². The minimum Gasteiger partial charge on any atom is -0.367 e. The first-order valence-corrected chi connectivity index (χ1v) is 7.04. The number of hydrogen-bond acceptors (Lipinski definition) is 6. The molecule has 0 radical (unpaired) electrons. The van der Waals surface area contributed by atoms with Gasteiger partial charge in [-0.1, -0.05) is 17.7 Å². The van der Waals surface area contributed by atoms with Gasteiger partial charge in [-0.25, -0.2) is 0 Å². The number of likely N-dealkylation sites (N-methyl/N-ethyl adjacent to an activating group) is 1. The molecule has 1 heterocycles. The van der Waals surface area contributed by atoms with Crippen LogP contribution in [0.3, 0.4) is 0 Å². The van der Waals surface area contributed by atoms with E-state index in [0.717, 1.165) is 24.3 Å². The van der Waals surface area contributed by atoms with Crippen molar-refractivity contribution >= 4 is 29.1 Å². The maximum absolute atomic E-state index is 6.10. The summed E-state index contributed by atoms with van der Waals surface area (Å²) in [5.41, 5.74) is 1.82. The molecule has 1 aromatic carbocycles. The third kappa shape index (κ3) is 4.54. The van der Waals surface area contributed by atoms with Crippen molar-refractivity contribution < 1.29 is 0 Å². The molecule has 0 bridgehead atoms. The molecule has 0 aliphatic heterocycles. The Bertz CT molecular complexity index is 602. The van der Waals surface area contributed by atoms with E-state index in [0.29, 0.717) is 16.8 Å². The van der Waals surface area contributed by atoms with Crippen LogP contribution < -0.4 is 10.6 Å². The van der Waals surface area contributed by atoms with E-state index in [1.54, 1.807) is 6.20 Å². The zero-order valence-electron chi connectivity index (χ0n) is 12.4. The Morgan fingerprint density at radius 3 is 2.86 bits per heavy atom. The number of halogens is 1. The highest BCUT2D eigenvalue weighted by molar-refractivity contribution is 6.31. The molecular weight excluding hydrogens is 288 g/mol. The van der Waals surface area contributed by atoms with Crippen molar-refractivity contribution in [3.8, 4) is 0 Å². The summed E-state index contributed by atoms with van der Waals surface area (Å²) in [6.45, 7) is 3.65. The minimum absolute atomic E-state index is 0.440. The van der Waals surface area contributed by atoms with Crippen LogP contribution in [0.5, 0.6) is 0 Å². The lowest BCUT2D eigenvalue weighted by molar-refractivity contribution is 0.425.